The van der Waals surface area contributed by atoms with E-state index in [9.17, 15) is 9.65 Å². The molecule has 0 radical (unpaired) electrons. The fourth-order valence-electron chi connectivity index (χ4n) is 6.62. The molecule has 41 heavy (non-hydrogen) atoms. The van der Waals surface area contributed by atoms with Crippen LogP contribution in [0.2, 0.25) is 0 Å². The predicted molar refractivity (Wildman–Crippen MR) is 153 cm³/mol. The van der Waals surface area contributed by atoms with E-state index in [1.165, 1.54) is 10.7 Å². The van der Waals surface area contributed by atoms with Crippen molar-refractivity contribution in [3.05, 3.63) is 48.2 Å². The van der Waals surface area contributed by atoms with Crippen LogP contribution in [0.1, 0.15) is 12.6 Å². The minimum atomic E-state index is -0.420. The lowest BCUT2D eigenvalue weighted by atomic mass is 9.94. The quantitative estimate of drug-likeness (QED) is 0.492. The molecule has 4 fully saturated rings. The van der Waals surface area contributed by atoms with Gasteiger partial charge < -0.3 is 29.5 Å². The number of nitrogens with zero attached hydrogens (tertiary/aromatic N) is 8. The van der Waals surface area contributed by atoms with Gasteiger partial charge in [0, 0.05) is 65.4 Å². The number of anilines is 3. The SMILES string of the molecule is C[C@@H]1CN(c2ccc(C#N)n3ncc(F)c23)C[C@H](CN2CCN(c3ccc(N4CCOC5(CNC5)C4)nc3)CC2)O1. The number of fused-ring (bicyclic) bond motifs is 1. The number of hydrogen-bond donors (Lipinski definition) is 1. The van der Waals surface area contributed by atoms with Gasteiger partial charge in [-0.1, -0.05) is 0 Å². The second-order valence-corrected chi connectivity index (χ2v) is 11.7. The van der Waals surface area contributed by atoms with Crippen LogP contribution in [0.3, 0.4) is 0 Å². The number of morpholine rings is 2. The first-order valence-electron chi connectivity index (χ1n) is 14.5. The molecule has 4 aliphatic rings. The third kappa shape index (κ3) is 5.08. The number of ether oxygens (including phenoxy) is 2. The highest BCUT2D eigenvalue weighted by atomic mass is 19.1. The first-order chi connectivity index (χ1) is 20.0. The van der Waals surface area contributed by atoms with Gasteiger partial charge in [-0.25, -0.2) is 13.9 Å². The van der Waals surface area contributed by atoms with Crippen molar-refractivity contribution in [1.82, 2.24) is 24.8 Å². The molecule has 11 nitrogen and oxygen atoms in total. The molecule has 7 rings (SSSR count). The summed E-state index contributed by atoms with van der Waals surface area (Å²) in [7, 11) is 0. The monoisotopic (exact) mass is 561 g/mol. The van der Waals surface area contributed by atoms with Crippen molar-refractivity contribution in [2.75, 3.05) is 93.3 Å². The van der Waals surface area contributed by atoms with Crippen molar-refractivity contribution >= 4 is 22.7 Å². The minimum Gasteiger partial charge on any atom is -0.370 e. The molecule has 216 valence electrons. The number of pyridine rings is 2. The van der Waals surface area contributed by atoms with Crippen LogP contribution in [-0.4, -0.2) is 116 Å². The second-order valence-electron chi connectivity index (χ2n) is 11.7. The molecular formula is C29H36FN9O2. The summed E-state index contributed by atoms with van der Waals surface area (Å²) >= 11 is 0. The van der Waals surface area contributed by atoms with Crippen LogP contribution in [0.15, 0.2) is 36.7 Å². The summed E-state index contributed by atoms with van der Waals surface area (Å²) < 4.78 is 28.4. The van der Waals surface area contributed by atoms with Gasteiger partial charge in [0.1, 0.15) is 28.7 Å². The van der Waals surface area contributed by atoms with Crippen molar-refractivity contribution in [3.8, 4) is 6.07 Å². The zero-order valence-corrected chi connectivity index (χ0v) is 23.4. The maximum Gasteiger partial charge on any atom is 0.171 e. The fraction of sp³-hybridized carbons (Fsp3) is 0.552. The van der Waals surface area contributed by atoms with E-state index in [0.717, 1.165) is 82.7 Å². The van der Waals surface area contributed by atoms with Gasteiger partial charge in [-0.05, 0) is 31.2 Å². The van der Waals surface area contributed by atoms with Crippen molar-refractivity contribution in [1.29, 1.82) is 5.26 Å². The Bertz CT molecular complexity index is 1430. The van der Waals surface area contributed by atoms with Crippen LogP contribution in [0, 0.1) is 17.1 Å². The van der Waals surface area contributed by atoms with E-state index in [2.05, 4.69) is 55.1 Å². The third-order valence-electron chi connectivity index (χ3n) is 8.77. The molecule has 3 aromatic heterocycles. The number of nitriles is 1. The highest BCUT2D eigenvalue weighted by molar-refractivity contribution is 5.74. The second kappa shape index (κ2) is 10.7. The van der Waals surface area contributed by atoms with Crippen molar-refractivity contribution in [2.24, 2.45) is 0 Å². The molecular weight excluding hydrogens is 525 g/mol. The Balaban J connectivity index is 0.957. The van der Waals surface area contributed by atoms with E-state index in [4.69, 9.17) is 14.5 Å². The molecule has 7 heterocycles. The van der Waals surface area contributed by atoms with E-state index >= 15 is 0 Å². The molecule has 2 atom stereocenters. The molecule has 12 heteroatoms. The molecule has 0 unspecified atom stereocenters. The highest BCUT2D eigenvalue weighted by Crippen LogP contribution is 2.29. The van der Waals surface area contributed by atoms with Gasteiger partial charge in [0.05, 0.1) is 49.1 Å². The largest absolute Gasteiger partial charge is 0.370 e. The highest BCUT2D eigenvalue weighted by Gasteiger charge is 2.42. The number of rotatable bonds is 5. The van der Waals surface area contributed by atoms with Crippen molar-refractivity contribution in [2.45, 2.75) is 24.7 Å². The van der Waals surface area contributed by atoms with Gasteiger partial charge in [0.2, 0.25) is 0 Å². The van der Waals surface area contributed by atoms with E-state index in [1.54, 1.807) is 6.07 Å². The average Bonchev–Trinajstić information content (AvgIpc) is 3.38. The molecule has 1 N–H and O–H groups in total. The maximum absolute atomic E-state index is 14.7. The van der Waals surface area contributed by atoms with Crippen LogP contribution in [0.4, 0.5) is 21.6 Å². The summed E-state index contributed by atoms with van der Waals surface area (Å²) in [6.45, 7) is 12.2. The Morgan fingerprint density at radius 1 is 1.05 bits per heavy atom. The van der Waals surface area contributed by atoms with Gasteiger partial charge in [0.25, 0.3) is 0 Å². The van der Waals surface area contributed by atoms with E-state index in [0.29, 0.717) is 24.3 Å². The smallest absolute Gasteiger partial charge is 0.171 e. The summed E-state index contributed by atoms with van der Waals surface area (Å²) in [5, 5.41) is 16.8. The zero-order chi connectivity index (χ0) is 28.0. The van der Waals surface area contributed by atoms with E-state index in [-0.39, 0.29) is 17.8 Å². The lowest BCUT2D eigenvalue weighted by Gasteiger charge is -2.49. The van der Waals surface area contributed by atoms with Gasteiger partial charge in [-0.15, -0.1) is 0 Å². The number of piperazine rings is 1. The number of hydrogen-bond acceptors (Lipinski definition) is 10. The lowest BCUT2D eigenvalue weighted by Crippen LogP contribution is -2.69. The topological polar surface area (TPSA) is 97.4 Å². The van der Waals surface area contributed by atoms with E-state index in [1.807, 2.05) is 12.3 Å². The molecule has 4 saturated heterocycles. The predicted octanol–water partition coefficient (Wildman–Crippen LogP) is 1.33. The van der Waals surface area contributed by atoms with Crippen LogP contribution >= 0.6 is 0 Å². The van der Waals surface area contributed by atoms with Gasteiger partial charge >= 0.3 is 0 Å². The Labute approximate surface area is 239 Å². The third-order valence-corrected chi connectivity index (χ3v) is 8.77. The normalized spacial score (nSPS) is 25.0. The lowest BCUT2D eigenvalue weighted by molar-refractivity contribution is -0.0883. The summed E-state index contributed by atoms with van der Waals surface area (Å²) in [4.78, 5) is 14.2. The first-order valence-corrected chi connectivity index (χ1v) is 14.5. The van der Waals surface area contributed by atoms with Crippen LogP contribution in [-0.2, 0) is 9.47 Å². The van der Waals surface area contributed by atoms with Crippen molar-refractivity contribution < 1.29 is 13.9 Å². The molecule has 3 aromatic rings. The standard InChI is InChI=1S/C29H36FN9O2/c1-21-15-38(26-4-2-22(12-31)39-28(26)25(30)14-34-39)17-24(41-21)16-35-6-8-36(9-7-35)23-3-5-27(33-13-23)37-10-11-40-29(20-37)18-32-19-29/h2-5,13-14,21,24,32H,6-11,15-20H2,1H3/t21-,24+/m1/s1. The van der Waals surface area contributed by atoms with Crippen LogP contribution < -0.4 is 20.0 Å². The van der Waals surface area contributed by atoms with Crippen LogP contribution in [0.25, 0.3) is 5.52 Å². The van der Waals surface area contributed by atoms with E-state index < -0.39 is 5.82 Å². The Hall–Kier alpha value is -3.50. The van der Waals surface area contributed by atoms with Gasteiger partial charge in [0.15, 0.2) is 5.82 Å². The summed E-state index contributed by atoms with van der Waals surface area (Å²) in [5.41, 5.74) is 2.52. The van der Waals surface area contributed by atoms with Gasteiger partial charge in [-0.2, -0.15) is 10.4 Å². The average molecular weight is 562 g/mol. The molecule has 0 amide bonds. The Morgan fingerprint density at radius 3 is 2.63 bits per heavy atom. The van der Waals surface area contributed by atoms with Crippen LogP contribution in [0.5, 0.6) is 0 Å². The fourth-order valence-corrected chi connectivity index (χ4v) is 6.62. The zero-order valence-electron chi connectivity index (χ0n) is 23.4. The molecule has 4 aliphatic heterocycles. The Morgan fingerprint density at radius 2 is 1.90 bits per heavy atom. The molecule has 0 aromatic carbocycles. The molecule has 0 aliphatic carbocycles. The number of halogens is 1. The van der Waals surface area contributed by atoms with Crippen molar-refractivity contribution in [3.63, 3.8) is 0 Å². The summed E-state index contributed by atoms with van der Waals surface area (Å²) in [6.07, 6.45) is 3.18. The maximum atomic E-state index is 14.7. The number of nitrogens with one attached hydrogen (secondary N) is 1. The molecule has 0 saturated carbocycles. The number of aromatic nitrogens is 3. The van der Waals surface area contributed by atoms with Gasteiger partial charge in [-0.3, -0.25) is 4.90 Å². The molecule has 0 bridgehead atoms. The summed E-state index contributed by atoms with van der Waals surface area (Å²) in [5.74, 6) is 0.599. The summed E-state index contributed by atoms with van der Waals surface area (Å²) in [6, 6.07) is 9.95. The first kappa shape index (κ1) is 26.4. The Kier molecular flexibility index (Phi) is 6.90. The minimum absolute atomic E-state index is 0.00297. The molecule has 1 spiro atoms.